The highest BCUT2D eigenvalue weighted by Crippen LogP contribution is 2.28. The summed E-state index contributed by atoms with van der Waals surface area (Å²) >= 11 is 9.64. The molecule has 1 N–H and O–H groups in total. The van der Waals surface area contributed by atoms with Gasteiger partial charge in [-0.1, -0.05) is 27.5 Å². The van der Waals surface area contributed by atoms with Gasteiger partial charge >= 0.3 is 0 Å². The van der Waals surface area contributed by atoms with Crippen LogP contribution in [-0.2, 0) is 6.61 Å². The molecule has 0 aliphatic carbocycles. The van der Waals surface area contributed by atoms with E-state index in [1.54, 1.807) is 0 Å². The standard InChI is InChI=1S/C13H13BrClNO/c1-8-5-10(7-17)9(2)16(8)13-4-3-11(14)6-12(13)15/h3-6,17H,7H2,1-2H3. The van der Waals surface area contributed by atoms with Gasteiger partial charge < -0.3 is 9.67 Å². The summed E-state index contributed by atoms with van der Waals surface area (Å²) < 4.78 is 3.01. The number of benzene rings is 1. The molecule has 0 radical (unpaired) electrons. The molecule has 1 aromatic carbocycles. The molecule has 2 rings (SSSR count). The predicted octanol–water partition coefficient (Wildman–Crippen LogP) is 4.00. The molecule has 0 fully saturated rings. The molecule has 0 bridgehead atoms. The van der Waals surface area contributed by atoms with Gasteiger partial charge in [0.2, 0.25) is 0 Å². The van der Waals surface area contributed by atoms with E-state index >= 15 is 0 Å². The fraction of sp³-hybridized carbons (Fsp3) is 0.231. The maximum Gasteiger partial charge on any atom is 0.0699 e. The first kappa shape index (κ1) is 12.7. The molecule has 0 amide bonds. The highest BCUT2D eigenvalue weighted by Gasteiger charge is 2.12. The number of hydrogen-bond acceptors (Lipinski definition) is 1. The third-order valence-electron chi connectivity index (χ3n) is 2.86. The number of aliphatic hydroxyl groups excluding tert-OH is 1. The van der Waals surface area contributed by atoms with Crippen LogP contribution in [0.2, 0.25) is 5.02 Å². The molecular weight excluding hydrogens is 302 g/mol. The van der Waals surface area contributed by atoms with Crippen LogP contribution in [-0.4, -0.2) is 9.67 Å². The van der Waals surface area contributed by atoms with E-state index in [9.17, 15) is 5.11 Å². The second-order valence-electron chi connectivity index (χ2n) is 3.99. The largest absolute Gasteiger partial charge is 0.392 e. The number of hydrogen-bond donors (Lipinski definition) is 1. The van der Waals surface area contributed by atoms with Gasteiger partial charge in [0.25, 0.3) is 0 Å². The van der Waals surface area contributed by atoms with Gasteiger partial charge in [0, 0.05) is 15.9 Å². The van der Waals surface area contributed by atoms with Gasteiger partial charge in [0.15, 0.2) is 0 Å². The van der Waals surface area contributed by atoms with Gasteiger partial charge in [-0.2, -0.15) is 0 Å². The number of aromatic nitrogens is 1. The Morgan fingerprint density at radius 2 is 2.00 bits per heavy atom. The smallest absolute Gasteiger partial charge is 0.0699 e. The first-order chi connectivity index (χ1) is 8.04. The Bertz CT molecular complexity index is 563. The van der Waals surface area contributed by atoms with Crippen LogP contribution >= 0.6 is 27.5 Å². The Labute approximate surface area is 114 Å². The molecule has 0 saturated heterocycles. The zero-order valence-corrected chi connectivity index (χ0v) is 12.0. The van der Waals surface area contributed by atoms with E-state index in [1.165, 1.54) is 0 Å². The molecule has 0 atom stereocenters. The Kier molecular flexibility index (Phi) is 3.61. The molecule has 0 saturated carbocycles. The summed E-state index contributed by atoms with van der Waals surface area (Å²) in [6.45, 7) is 4.04. The lowest BCUT2D eigenvalue weighted by atomic mass is 10.2. The van der Waals surface area contributed by atoms with Crippen LogP contribution < -0.4 is 0 Å². The second-order valence-corrected chi connectivity index (χ2v) is 5.31. The van der Waals surface area contributed by atoms with E-state index < -0.39 is 0 Å². The van der Waals surface area contributed by atoms with Crippen molar-refractivity contribution >= 4 is 27.5 Å². The average molecular weight is 315 g/mol. The Morgan fingerprint density at radius 3 is 2.53 bits per heavy atom. The summed E-state index contributed by atoms with van der Waals surface area (Å²) in [5, 5.41) is 9.95. The van der Waals surface area contributed by atoms with Crippen molar-refractivity contribution in [2.75, 3.05) is 0 Å². The van der Waals surface area contributed by atoms with E-state index in [1.807, 2.05) is 38.1 Å². The van der Waals surface area contributed by atoms with E-state index in [4.69, 9.17) is 11.6 Å². The zero-order valence-electron chi connectivity index (χ0n) is 9.67. The first-order valence-corrected chi connectivity index (χ1v) is 6.45. The lowest BCUT2D eigenvalue weighted by molar-refractivity contribution is 0.281. The maximum absolute atomic E-state index is 9.26. The summed E-state index contributed by atoms with van der Waals surface area (Å²) in [4.78, 5) is 0. The van der Waals surface area contributed by atoms with E-state index in [0.717, 1.165) is 27.1 Å². The van der Waals surface area contributed by atoms with Crippen LogP contribution in [0.15, 0.2) is 28.7 Å². The topological polar surface area (TPSA) is 25.2 Å². The summed E-state index contributed by atoms with van der Waals surface area (Å²) in [6.07, 6.45) is 0. The Balaban J connectivity index is 2.64. The summed E-state index contributed by atoms with van der Waals surface area (Å²) in [5.74, 6) is 0. The van der Waals surface area contributed by atoms with E-state index in [2.05, 4.69) is 20.5 Å². The van der Waals surface area contributed by atoms with Crippen LogP contribution in [0.25, 0.3) is 5.69 Å². The normalized spacial score (nSPS) is 10.9. The molecule has 0 spiro atoms. The van der Waals surface area contributed by atoms with Crippen LogP contribution in [0.3, 0.4) is 0 Å². The van der Waals surface area contributed by atoms with Crippen molar-refractivity contribution in [2.45, 2.75) is 20.5 Å². The van der Waals surface area contributed by atoms with Crippen molar-refractivity contribution in [3.63, 3.8) is 0 Å². The number of nitrogens with zero attached hydrogens (tertiary/aromatic N) is 1. The Morgan fingerprint density at radius 1 is 1.29 bits per heavy atom. The minimum atomic E-state index is 0.0494. The SMILES string of the molecule is Cc1cc(CO)c(C)n1-c1ccc(Br)cc1Cl. The molecule has 90 valence electrons. The van der Waals surface area contributed by atoms with Crippen molar-refractivity contribution in [1.29, 1.82) is 0 Å². The summed E-state index contributed by atoms with van der Waals surface area (Å²) in [7, 11) is 0. The highest BCUT2D eigenvalue weighted by molar-refractivity contribution is 9.10. The molecule has 0 unspecified atom stereocenters. The highest BCUT2D eigenvalue weighted by atomic mass is 79.9. The minimum absolute atomic E-state index is 0.0494. The Hall–Kier alpha value is -0.770. The molecule has 0 aliphatic heterocycles. The van der Waals surface area contributed by atoms with E-state index in [-0.39, 0.29) is 6.61 Å². The van der Waals surface area contributed by atoms with Gasteiger partial charge in [-0.15, -0.1) is 0 Å². The summed E-state index contributed by atoms with van der Waals surface area (Å²) in [6, 6.07) is 7.77. The molecule has 4 heteroatoms. The fourth-order valence-electron chi connectivity index (χ4n) is 2.02. The van der Waals surface area contributed by atoms with Gasteiger partial charge in [-0.3, -0.25) is 0 Å². The van der Waals surface area contributed by atoms with Gasteiger partial charge in [0.05, 0.1) is 17.3 Å². The van der Waals surface area contributed by atoms with Crippen LogP contribution in [0.5, 0.6) is 0 Å². The monoisotopic (exact) mass is 313 g/mol. The van der Waals surface area contributed by atoms with Crippen molar-refractivity contribution in [1.82, 2.24) is 4.57 Å². The maximum atomic E-state index is 9.26. The zero-order chi connectivity index (χ0) is 12.6. The predicted molar refractivity (Wildman–Crippen MR) is 73.9 cm³/mol. The number of rotatable bonds is 2. The van der Waals surface area contributed by atoms with Gasteiger partial charge in [0.1, 0.15) is 0 Å². The molecule has 17 heavy (non-hydrogen) atoms. The minimum Gasteiger partial charge on any atom is -0.392 e. The number of halogens is 2. The molecule has 0 aliphatic rings. The fourth-order valence-corrected chi connectivity index (χ4v) is 2.78. The van der Waals surface area contributed by atoms with Crippen LogP contribution in [0.4, 0.5) is 0 Å². The number of aliphatic hydroxyl groups is 1. The van der Waals surface area contributed by atoms with Crippen LogP contribution in [0.1, 0.15) is 17.0 Å². The molecule has 2 aromatic rings. The third-order valence-corrected chi connectivity index (χ3v) is 3.65. The first-order valence-electron chi connectivity index (χ1n) is 5.28. The molecular formula is C13H13BrClNO. The lowest BCUT2D eigenvalue weighted by Crippen LogP contribution is -2.00. The average Bonchev–Trinajstić information content (AvgIpc) is 2.55. The molecule has 1 aromatic heterocycles. The van der Waals surface area contributed by atoms with E-state index in [0.29, 0.717) is 5.02 Å². The second kappa shape index (κ2) is 4.84. The van der Waals surface area contributed by atoms with Crippen molar-refractivity contribution < 1.29 is 5.11 Å². The van der Waals surface area contributed by atoms with Crippen molar-refractivity contribution in [3.05, 3.63) is 50.7 Å². The molecule has 1 heterocycles. The van der Waals surface area contributed by atoms with Gasteiger partial charge in [-0.05, 0) is 43.7 Å². The van der Waals surface area contributed by atoms with Gasteiger partial charge in [-0.25, -0.2) is 0 Å². The quantitative estimate of drug-likeness (QED) is 0.890. The van der Waals surface area contributed by atoms with Crippen molar-refractivity contribution in [2.24, 2.45) is 0 Å². The van der Waals surface area contributed by atoms with Crippen molar-refractivity contribution in [3.8, 4) is 5.69 Å². The lowest BCUT2D eigenvalue weighted by Gasteiger charge is -2.12. The summed E-state index contributed by atoms with van der Waals surface area (Å²) in [5.41, 5.74) is 3.95. The van der Waals surface area contributed by atoms with Crippen LogP contribution in [0, 0.1) is 13.8 Å². The third kappa shape index (κ3) is 2.28. The number of aryl methyl sites for hydroxylation is 1. The molecule has 2 nitrogen and oxygen atoms in total.